The number of hydrogen-bond acceptors (Lipinski definition) is 4. The van der Waals surface area contributed by atoms with E-state index in [1.165, 1.54) is 6.20 Å². The maximum atomic E-state index is 12.2. The summed E-state index contributed by atoms with van der Waals surface area (Å²) >= 11 is 0. The molecule has 2 aromatic rings. The Bertz CT molecular complexity index is 647. The first-order valence-corrected chi connectivity index (χ1v) is 6.59. The molecule has 0 saturated heterocycles. The second-order valence-corrected chi connectivity index (χ2v) is 4.91. The lowest BCUT2D eigenvalue weighted by molar-refractivity contribution is 0.0471. The van der Waals surface area contributed by atoms with Crippen LogP contribution in [0.5, 0.6) is 0 Å². The van der Waals surface area contributed by atoms with Crippen LogP contribution in [0.4, 0.5) is 4.79 Å². The molecular formula is C15H17N3O3. The van der Waals surface area contributed by atoms with Gasteiger partial charge >= 0.3 is 12.0 Å². The number of carbonyl (C=O) groups excluding carboxylic acids is 2. The van der Waals surface area contributed by atoms with Crippen LogP contribution in [0.2, 0.25) is 0 Å². The van der Waals surface area contributed by atoms with Crippen molar-refractivity contribution in [2.75, 3.05) is 0 Å². The Hall–Kier alpha value is -2.63. The lowest BCUT2D eigenvalue weighted by Gasteiger charge is -2.10. The molecule has 1 aromatic heterocycles. The molecule has 0 unspecified atom stereocenters. The normalized spacial score (nSPS) is 10.6. The Labute approximate surface area is 122 Å². The van der Waals surface area contributed by atoms with E-state index in [4.69, 9.17) is 10.5 Å². The fourth-order valence-corrected chi connectivity index (χ4v) is 2.05. The lowest BCUT2D eigenvalue weighted by atomic mass is 10.1. The molecule has 6 nitrogen and oxygen atoms in total. The van der Waals surface area contributed by atoms with Crippen LogP contribution in [-0.2, 0) is 11.3 Å². The zero-order valence-corrected chi connectivity index (χ0v) is 11.9. The third-order valence-electron chi connectivity index (χ3n) is 2.99. The number of benzene rings is 1. The van der Waals surface area contributed by atoms with Crippen molar-refractivity contribution in [3.8, 4) is 0 Å². The number of esters is 1. The molecule has 1 aromatic carbocycles. The molecule has 2 rings (SSSR count). The maximum Gasteiger partial charge on any atom is 0.341 e. The van der Waals surface area contributed by atoms with Crippen molar-refractivity contribution in [2.24, 2.45) is 5.73 Å². The van der Waals surface area contributed by atoms with Gasteiger partial charge in [0.05, 0.1) is 11.9 Å². The number of primary amides is 1. The molecule has 0 spiro atoms. The molecule has 0 fully saturated rings. The van der Waals surface area contributed by atoms with Crippen LogP contribution in [0.25, 0.3) is 0 Å². The van der Waals surface area contributed by atoms with Crippen molar-refractivity contribution in [1.82, 2.24) is 9.78 Å². The monoisotopic (exact) mass is 287 g/mol. The van der Waals surface area contributed by atoms with Crippen LogP contribution in [0.3, 0.4) is 0 Å². The number of carbonyl (C=O) groups is 2. The summed E-state index contributed by atoms with van der Waals surface area (Å²) in [7, 11) is 0. The maximum absolute atomic E-state index is 12.2. The first-order valence-electron chi connectivity index (χ1n) is 6.59. The van der Waals surface area contributed by atoms with Crippen LogP contribution in [0.1, 0.15) is 41.4 Å². The molecule has 0 bridgehead atoms. The second-order valence-electron chi connectivity index (χ2n) is 4.91. The van der Waals surface area contributed by atoms with Gasteiger partial charge in [-0.25, -0.2) is 9.59 Å². The molecule has 0 atom stereocenters. The predicted molar refractivity (Wildman–Crippen MR) is 76.9 cm³/mol. The van der Waals surface area contributed by atoms with Gasteiger partial charge in [-0.3, -0.25) is 0 Å². The average Bonchev–Trinajstić information content (AvgIpc) is 2.91. The third kappa shape index (κ3) is 3.28. The van der Waals surface area contributed by atoms with Crippen molar-refractivity contribution in [3.63, 3.8) is 0 Å². The van der Waals surface area contributed by atoms with Crippen LogP contribution in [0.15, 0.2) is 36.5 Å². The summed E-state index contributed by atoms with van der Waals surface area (Å²) in [6.07, 6.45) is 1.31. The molecule has 6 heteroatoms. The van der Waals surface area contributed by atoms with E-state index in [1.807, 2.05) is 44.2 Å². The van der Waals surface area contributed by atoms with E-state index in [0.717, 1.165) is 10.2 Å². The van der Waals surface area contributed by atoms with Crippen LogP contribution >= 0.6 is 0 Å². The molecule has 0 radical (unpaired) electrons. The van der Waals surface area contributed by atoms with Crippen molar-refractivity contribution >= 4 is 12.0 Å². The van der Waals surface area contributed by atoms with Gasteiger partial charge in [0.15, 0.2) is 0 Å². The summed E-state index contributed by atoms with van der Waals surface area (Å²) in [5.41, 5.74) is 6.85. The van der Waals surface area contributed by atoms with Crippen molar-refractivity contribution in [1.29, 1.82) is 0 Å². The quantitative estimate of drug-likeness (QED) is 0.874. The Morgan fingerprint density at radius 2 is 1.95 bits per heavy atom. The fraction of sp³-hybridized carbons (Fsp3) is 0.267. The number of nitrogens with two attached hydrogens (primary N) is 1. The SMILES string of the molecule is CC(C)c1c(C(=O)OCc2ccccc2)cnn1C(N)=O. The van der Waals surface area contributed by atoms with E-state index in [9.17, 15) is 9.59 Å². The van der Waals surface area contributed by atoms with Gasteiger partial charge in [-0.15, -0.1) is 0 Å². The van der Waals surface area contributed by atoms with E-state index in [-0.39, 0.29) is 18.1 Å². The van der Waals surface area contributed by atoms with Crippen molar-refractivity contribution in [3.05, 3.63) is 53.3 Å². The number of hydrogen-bond donors (Lipinski definition) is 1. The zero-order valence-electron chi connectivity index (χ0n) is 11.9. The van der Waals surface area contributed by atoms with Crippen molar-refractivity contribution < 1.29 is 14.3 Å². The fourth-order valence-electron chi connectivity index (χ4n) is 2.05. The highest BCUT2D eigenvalue weighted by molar-refractivity contribution is 5.92. The minimum Gasteiger partial charge on any atom is -0.457 e. The van der Waals surface area contributed by atoms with Crippen molar-refractivity contribution in [2.45, 2.75) is 26.4 Å². The Balaban J connectivity index is 2.18. The molecule has 110 valence electrons. The molecular weight excluding hydrogens is 270 g/mol. The standard InChI is InChI=1S/C15H17N3O3/c1-10(2)13-12(8-17-18(13)15(16)20)14(19)21-9-11-6-4-3-5-7-11/h3-8,10H,9H2,1-2H3,(H2,16,20). The minimum atomic E-state index is -0.721. The highest BCUT2D eigenvalue weighted by Gasteiger charge is 2.23. The number of amides is 1. The summed E-state index contributed by atoms with van der Waals surface area (Å²) in [5.74, 6) is -0.602. The Morgan fingerprint density at radius 3 is 2.52 bits per heavy atom. The van der Waals surface area contributed by atoms with Gasteiger partial charge in [0.2, 0.25) is 0 Å². The van der Waals surface area contributed by atoms with Gasteiger partial charge in [-0.1, -0.05) is 44.2 Å². The molecule has 2 N–H and O–H groups in total. The molecule has 0 aliphatic rings. The summed E-state index contributed by atoms with van der Waals surface area (Å²) < 4.78 is 6.29. The average molecular weight is 287 g/mol. The first kappa shape index (κ1) is 14.8. The molecule has 21 heavy (non-hydrogen) atoms. The highest BCUT2D eigenvalue weighted by atomic mass is 16.5. The van der Waals surface area contributed by atoms with Gasteiger partial charge in [-0.2, -0.15) is 9.78 Å². The molecule has 0 saturated carbocycles. The number of nitrogens with zero attached hydrogens (tertiary/aromatic N) is 2. The van der Waals surface area contributed by atoms with Gasteiger partial charge in [0.1, 0.15) is 12.2 Å². The Morgan fingerprint density at radius 1 is 1.29 bits per heavy atom. The van der Waals surface area contributed by atoms with E-state index in [0.29, 0.717) is 5.69 Å². The van der Waals surface area contributed by atoms with Gasteiger partial charge in [0.25, 0.3) is 0 Å². The summed E-state index contributed by atoms with van der Waals surface area (Å²) in [4.78, 5) is 23.5. The lowest BCUT2D eigenvalue weighted by Crippen LogP contribution is -2.24. The molecule has 0 aliphatic heterocycles. The summed E-state index contributed by atoms with van der Waals surface area (Å²) in [6.45, 7) is 3.87. The predicted octanol–water partition coefficient (Wildman–Crippen LogP) is 2.29. The number of rotatable bonds is 4. The van der Waals surface area contributed by atoms with E-state index in [2.05, 4.69) is 5.10 Å². The van der Waals surface area contributed by atoms with Crippen LogP contribution in [0, 0.1) is 0 Å². The largest absolute Gasteiger partial charge is 0.457 e. The number of aromatic nitrogens is 2. The molecule has 1 heterocycles. The van der Waals surface area contributed by atoms with E-state index >= 15 is 0 Å². The first-order chi connectivity index (χ1) is 10.0. The third-order valence-corrected chi connectivity index (χ3v) is 2.99. The van der Waals surface area contributed by atoms with Gasteiger partial charge in [0, 0.05) is 0 Å². The van der Waals surface area contributed by atoms with E-state index < -0.39 is 12.0 Å². The minimum absolute atomic E-state index is 0.0840. The number of ether oxygens (including phenoxy) is 1. The topological polar surface area (TPSA) is 87.2 Å². The zero-order chi connectivity index (χ0) is 15.4. The second kappa shape index (κ2) is 6.21. The Kier molecular flexibility index (Phi) is 4.37. The van der Waals surface area contributed by atoms with Gasteiger partial charge < -0.3 is 10.5 Å². The van der Waals surface area contributed by atoms with E-state index in [1.54, 1.807) is 0 Å². The van der Waals surface area contributed by atoms with Gasteiger partial charge in [-0.05, 0) is 11.5 Å². The molecule has 0 aliphatic carbocycles. The van der Waals surface area contributed by atoms with Crippen LogP contribution in [-0.4, -0.2) is 21.8 Å². The summed E-state index contributed by atoms with van der Waals surface area (Å²) in [6, 6.07) is 8.63. The summed E-state index contributed by atoms with van der Waals surface area (Å²) in [5, 5.41) is 3.85. The molecule has 1 amide bonds. The van der Waals surface area contributed by atoms with Crippen LogP contribution < -0.4 is 5.73 Å². The highest BCUT2D eigenvalue weighted by Crippen LogP contribution is 2.20. The smallest absolute Gasteiger partial charge is 0.341 e.